The van der Waals surface area contributed by atoms with Crippen LogP contribution in [-0.4, -0.2) is 81.2 Å². The molecule has 2 fully saturated rings. The molecule has 2 aliphatic rings. The van der Waals surface area contributed by atoms with Crippen LogP contribution >= 0.6 is 0 Å². The van der Waals surface area contributed by atoms with E-state index in [-0.39, 0.29) is 29.8 Å². The van der Waals surface area contributed by atoms with E-state index < -0.39 is 12.0 Å². The second-order valence-corrected chi connectivity index (χ2v) is 12.0. The third-order valence-corrected chi connectivity index (χ3v) is 7.29. The molecular weight excluding hydrogens is 512 g/mol. The first-order valence-corrected chi connectivity index (χ1v) is 13.7. The molecule has 0 radical (unpaired) electrons. The van der Waals surface area contributed by atoms with E-state index in [1.165, 1.54) is 11.9 Å². The first-order valence-electron chi connectivity index (χ1n) is 13.7. The van der Waals surface area contributed by atoms with Gasteiger partial charge in [-0.05, 0) is 57.0 Å². The number of nitrogens with zero attached hydrogens (tertiary/aromatic N) is 5. The minimum Gasteiger partial charge on any atom is -0.382 e. The Hall–Kier alpha value is -3.32. The van der Waals surface area contributed by atoms with E-state index in [1.807, 2.05) is 49.7 Å². The zero-order valence-corrected chi connectivity index (χ0v) is 24.0. The van der Waals surface area contributed by atoms with Crippen LogP contribution in [0.4, 0.5) is 16.3 Å². The molecule has 2 aromatic heterocycles. The molecule has 2 unspecified atom stereocenters. The maximum atomic E-state index is 12.4. The number of rotatable bonds is 8. The van der Waals surface area contributed by atoms with Crippen molar-refractivity contribution in [2.75, 3.05) is 37.7 Å². The minimum absolute atomic E-state index is 0.0721. The number of anilines is 2. The second kappa shape index (κ2) is 10.9. The molecule has 12 nitrogen and oxygen atoms in total. The number of likely N-dealkylation sites (N-methyl/N-ethyl adjacent to an activating group) is 1. The van der Waals surface area contributed by atoms with Crippen LogP contribution in [0.1, 0.15) is 52.8 Å². The molecule has 0 saturated carbocycles. The Bertz CT molecular complexity index is 1340. The molecule has 2 saturated heterocycles. The summed E-state index contributed by atoms with van der Waals surface area (Å²) in [5.74, 6) is -0.414. The van der Waals surface area contributed by atoms with Crippen LogP contribution < -0.4 is 16.4 Å². The summed E-state index contributed by atoms with van der Waals surface area (Å²) in [4.78, 5) is 27.3. The van der Waals surface area contributed by atoms with Gasteiger partial charge < -0.3 is 35.5 Å². The van der Waals surface area contributed by atoms with E-state index in [2.05, 4.69) is 51.3 Å². The number of aromatic nitrogens is 4. The normalized spacial score (nSPS) is 24.0. The van der Waals surface area contributed by atoms with Gasteiger partial charge in [0.25, 0.3) is 0 Å². The van der Waals surface area contributed by atoms with Gasteiger partial charge in [0, 0.05) is 18.8 Å². The quantitative estimate of drug-likeness (QED) is 0.359. The standard InChI is InChI=1S/C28H40N8O4/c1-27(2,3)17-8-10-18(11-9-17)34-26(37)30-12-7-13-35(6)14-19-21-22(40-28(4,5)39-21)25(38-19)36-16-33-20-23(29)31-15-32-24(20)36/h8-11,15-16,19,21-22,25H,7,12-14H2,1-6H3,(H2,29,31,32)(H2,30,34,37)/t19-,21-,22?,25?/m1/s1. The predicted molar refractivity (Wildman–Crippen MR) is 152 cm³/mol. The third kappa shape index (κ3) is 6.04. The average molecular weight is 553 g/mol. The van der Waals surface area contributed by atoms with Crippen LogP contribution in [0.15, 0.2) is 36.9 Å². The number of nitrogens with two attached hydrogens (primary N) is 1. The maximum Gasteiger partial charge on any atom is 0.319 e. The lowest BCUT2D eigenvalue weighted by molar-refractivity contribution is -0.197. The molecule has 4 heterocycles. The Morgan fingerprint density at radius 1 is 1.12 bits per heavy atom. The smallest absolute Gasteiger partial charge is 0.319 e. The summed E-state index contributed by atoms with van der Waals surface area (Å²) in [5.41, 5.74) is 9.17. The number of hydrogen-bond acceptors (Lipinski definition) is 9. The number of nitrogen functional groups attached to an aromatic ring is 1. The van der Waals surface area contributed by atoms with Crippen LogP contribution in [0.25, 0.3) is 11.2 Å². The van der Waals surface area contributed by atoms with Crippen molar-refractivity contribution < 1.29 is 19.0 Å². The number of hydrogen-bond donors (Lipinski definition) is 3. The van der Waals surface area contributed by atoms with Gasteiger partial charge in [0.15, 0.2) is 23.5 Å². The van der Waals surface area contributed by atoms with Gasteiger partial charge in [0.2, 0.25) is 0 Å². The van der Waals surface area contributed by atoms with Gasteiger partial charge in [-0.2, -0.15) is 0 Å². The molecular formula is C28H40N8O4. The summed E-state index contributed by atoms with van der Waals surface area (Å²) in [5, 5.41) is 5.83. The molecule has 40 heavy (non-hydrogen) atoms. The fourth-order valence-corrected chi connectivity index (χ4v) is 5.26. The van der Waals surface area contributed by atoms with Gasteiger partial charge in [0.05, 0.1) is 6.33 Å². The summed E-state index contributed by atoms with van der Waals surface area (Å²) >= 11 is 0. The molecule has 1 aromatic carbocycles. The number of fused-ring (bicyclic) bond motifs is 2. The lowest BCUT2D eigenvalue weighted by atomic mass is 9.87. The highest BCUT2D eigenvalue weighted by Gasteiger charge is 2.56. The molecule has 4 N–H and O–H groups in total. The van der Waals surface area contributed by atoms with Crippen molar-refractivity contribution in [1.82, 2.24) is 29.7 Å². The van der Waals surface area contributed by atoms with Crippen LogP contribution in [0, 0.1) is 0 Å². The lowest BCUT2D eigenvalue weighted by Crippen LogP contribution is -2.39. The van der Waals surface area contributed by atoms with Crippen molar-refractivity contribution in [3.05, 3.63) is 42.5 Å². The molecule has 0 bridgehead atoms. The van der Waals surface area contributed by atoms with Crippen molar-refractivity contribution in [3.63, 3.8) is 0 Å². The molecule has 3 aromatic rings. The van der Waals surface area contributed by atoms with Crippen molar-refractivity contribution in [1.29, 1.82) is 0 Å². The number of carbonyl (C=O) groups is 1. The Labute approximate surface area is 234 Å². The first kappa shape index (κ1) is 28.2. The first-order chi connectivity index (χ1) is 18.9. The van der Waals surface area contributed by atoms with E-state index in [1.54, 1.807) is 6.33 Å². The summed E-state index contributed by atoms with van der Waals surface area (Å²) in [6, 6.07) is 7.74. The highest BCUT2D eigenvalue weighted by molar-refractivity contribution is 5.89. The highest BCUT2D eigenvalue weighted by atomic mass is 16.8. The summed E-state index contributed by atoms with van der Waals surface area (Å²) in [6.07, 6.45) is 2.58. The fourth-order valence-electron chi connectivity index (χ4n) is 5.26. The topological polar surface area (TPSA) is 142 Å². The van der Waals surface area contributed by atoms with E-state index in [0.29, 0.717) is 30.1 Å². The summed E-state index contributed by atoms with van der Waals surface area (Å²) < 4.78 is 20.8. The Kier molecular flexibility index (Phi) is 7.71. The number of urea groups is 1. The Morgan fingerprint density at radius 3 is 2.58 bits per heavy atom. The lowest BCUT2D eigenvalue weighted by Gasteiger charge is -2.27. The van der Waals surface area contributed by atoms with Crippen LogP contribution in [0.2, 0.25) is 0 Å². The van der Waals surface area contributed by atoms with Crippen LogP contribution in [0.3, 0.4) is 0 Å². The number of carbonyl (C=O) groups excluding carboxylic acids is 1. The average Bonchev–Trinajstić information content (AvgIpc) is 3.54. The molecule has 2 amide bonds. The van der Waals surface area contributed by atoms with E-state index in [0.717, 1.165) is 18.7 Å². The molecule has 0 aliphatic carbocycles. The molecule has 2 aliphatic heterocycles. The number of benzene rings is 1. The minimum atomic E-state index is -0.733. The van der Waals surface area contributed by atoms with Gasteiger partial charge in [0.1, 0.15) is 30.2 Å². The largest absolute Gasteiger partial charge is 0.382 e. The van der Waals surface area contributed by atoms with Crippen molar-refractivity contribution >= 4 is 28.7 Å². The van der Waals surface area contributed by atoms with E-state index in [4.69, 9.17) is 19.9 Å². The monoisotopic (exact) mass is 552 g/mol. The van der Waals surface area contributed by atoms with Gasteiger partial charge in [-0.3, -0.25) is 4.57 Å². The SMILES string of the molecule is CN(CCCNC(=O)Nc1ccc(C(C)(C)C)cc1)C[C@H]1OC(n2cnc3c(N)ncnc32)C2OC(C)(C)O[C@@H]21. The Balaban J connectivity index is 1.12. The van der Waals surface area contributed by atoms with Crippen LogP contribution in [0.5, 0.6) is 0 Å². The zero-order chi connectivity index (χ0) is 28.7. The zero-order valence-electron chi connectivity index (χ0n) is 24.0. The van der Waals surface area contributed by atoms with Gasteiger partial charge in [-0.1, -0.05) is 32.9 Å². The summed E-state index contributed by atoms with van der Waals surface area (Å²) in [6.45, 7) is 12.3. The molecule has 4 atom stereocenters. The van der Waals surface area contributed by atoms with Crippen molar-refractivity contribution in [3.8, 4) is 0 Å². The number of amides is 2. The molecule has 0 spiro atoms. The van der Waals surface area contributed by atoms with Crippen molar-refractivity contribution in [2.24, 2.45) is 0 Å². The number of ether oxygens (including phenoxy) is 3. The number of imidazole rings is 1. The number of nitrogens with one attached hydrogen (secondary N) is 2. The predicted octanol–water partition coefficient (Wildman–Crippen LogP) is 3.27. The van der Waals surface area contributed by atoms with Crippen molar-refractivity contribution in [2.45, 2.75) is 76.8 Å². The van der Waals surface area contributed by atoms with Gasteiger partial charge >= 0.3 is 6.03 Å². The van der Waals surface area contributed by atoms with E-state index >= 15 is 0 Å². The molecule has 12 heteroatoms. The summed E-state index contributed by atoms with van der Waals surface area (Å²) in [7, 11) is 2.03. The Morgan fingerprint density at radius 2 is 1.85 bits per heavy atom. The molecule has 216 valence electrons. The second-order valence-electron chi connectivity index (χ2n) is 12.0. The van der Waals surface area contributed by atoms with E-state index in [9.17, 15) is 4.79 Å². The third-order valence-electron chi connectivity index (χ3n) is 7.29. The molecule has 5 rings (SSSR count). The fraction of sp³-hybridized carbons (Fsp3) is 0.571. The van der Waals surface area contributed by atoms with Gasteiger partial charge in [-0.25, -0.2) is 19.7 Å². The maximum absolute atomic E-state index is 12.4. The highest BCUT2D eigenvalue weighted by Crippen LogP contribution is 2.44. The van der Waals surface area contributed by atoms with Gasteiger partial charge in [-0.15, -0.1) is 0 Å². The van der Waals surface area contributed by atoms with Crippen LogP contribution in [-0.2, 0) is 19.6 Å².